The van der Waals surface area contributed by atoms with E-state index in [0.717, 1.165) is 22.9 Å². The highest BCUT2D eigenvalue weighted by atomic mass is 32.2. The highest BCUT2D eigenvalue weighted by Crippen LogP contribution is 2.40. The lowest BCUT2D eigenvalue weighted by molar-refractivity contribution is -0.148. The van der Waals surface area contributed by atoms with Crippen molar-refractivity contribution in [3.05, 3.63) is 60.2 Å². The summed E-state index contributed by atoms with van der Waals surface area (Å²) in [5.41, 5.74) is 3.00. The maximum absolute atomic E-state index is 13.1. The van der Waals surface area contributed by atoms with E-state index in [-0.39, 0.29) is 6.54 Å². The predicted molar refractivity (Wildman–Crippen MR) is 117 cm³/mol. The Kier molecular flexibility index (Phi) is 6.22. The third-order valence-corrected chi connectivity index (χ3v) is 6.68. The van der Waals surface area contributed by atoms with Gasteiger partial charge in [-0.1, -0.05) is 54.6 Å². The fraction of sp³-hybridized carbons (Fsp3) is 0.435. The third kappa shape index (κ3) is 5.45. The van der Waals surface area contributed by atoms with Crippen LogP contribution < -0.4 is 4.72 Å². The molecule has 172 valence electrons. The highest BCUT2D eigenvalue weighted by molar-refractivity contribution is 7.88. The monoisotopic (exact) mass is 464 g/mol. The van der Waals surface area contributed by atoms with E-state index in [1.807, 2.05) is 54.6 Å². The molecule has 0 unspecified atom stereocenters. The summed E-state index contributed by atoms with van der Waals surface area (Å²) in [4.78, 5) is 14.2. The number of likely N-dealkylation sites (tertiary alicyclic amines) is 1. The van der Waals surface area contributed by atoms with Gasteiger partial charge in [0.1, 0.15) is 6.10 Å². The molecule has 0 bridgehead atoms. The molecule has 1 N–H and O–H groups in total. The summed E-state index contributed by atoms with van der Waals surface area (Å²) < 4.78 is 57.9. The van der Waals surface area contributed by atoms with E-state index in [0.29, 0.717) is 12.8 Å². The van der Waals surface area contributed by atoms with E-state index < -0.39 is 53.1 Å². The van der Waals surface area contributed by atoms with Gasteiger partial charge in [0.2, 0.25) is 10.0 Å². The first kappa shape index (κ1) is 22.7. The number of amides is 1. The summed E-state index contributed by atoms with van der Waals surface area (Å²) in [7, 11) is -3.49. The van der Waals surface area contributed by atoms with Gasteiger partial charge in [0, 0.05) is 25.4 Å². The number of hydrogen-bond donors (Lipinski definition) is 1. The van der Waals surface area contributed by atoms with E-state index >= 15 is 0 Å². The maximum Gasteiger partial charge on any atom is 0.410 e. The fourth-order valence-electron chi connectivity index (χ4n) is 4.40. The standard InChI is InChI=1S/C23H26F2N2O4S/c1-32(29,30)26-20-10-11-27(22(28)31-19-14-23(24,25)15-19)21(20)13-16-6-5-9-18(12-16)17-7-3-2-4-8-17/h2-9,12,19-21,26H,10-11,13-15H2,1H3/t20-,21-/m1/s1. The van der Waals surface area contributed by atoms with Gasteiger partial charge >= 0.3 is 6.09 Å². The Hall–Kier alpha value is -2.52. The summed E-state index contributed by atoms with van der Waals surface area (Å²) in [6.07, 6.45) is -0.509. The van der Waals surface area contributed by atoms with Crippen molar-refractivity contribution in [2.75, 3.05) is 12.8 Å². The number of alkyl halides is 2. The normalized spacial score (nSPS) is 23.0. The Balaban J connectivity index is 1.53. The molecular weight excluding hydrogens is 438 g/mol. The van der Waals surface area contributed by atoms with E-state index in [2.05, 4.69) is 4.72 Å². The molecule has 0 radical (unpaired) electrons. The van der Waals surface area contributed by atoms with Gasteiger partial charge in [-0.3, -0.25) is 0 Å². The number of nitrogens with zero attached hydrogens (tertiary/aromatic N) is 1. The average Bonchev–Trinajstić information content (AvgIpc) is 3.08. The van der Waals surface area contributed by atoms with Gasteiger partial charge in [0.05, 0.1) is 12.3 Å². The smallest absolute Gasteiger partial charge is 0.410 e. The molecule has 2 aliphatic rings. The molecular formula is C23H26F2N2O4S. The second-order valence-corrected chi connectivity index (χ2v) is 10.4. The van der Waals surface area contributed by atoms with Crippen LogP contribution in [0.2, 0.25) is 0 Å². The SMILES string of the molecule is CS(=O)(=O)N[C@@H]1CCN(C(=O)OC2CC(F)(F)C2)[C@@H]1Cc1cccc(-c2ccccc2)c1. The van der Waals surface area contributed by atoms with Crippen LogP contribution in [-0.4, -0.2) is 56.3 Å². The van der Waals surface area contributed by atoms with Gasteiger partial charge in [-0.2, -0.15) is 0 Å². The summed E-state index contributed by atoms with van der Waals surface area (Å²) >= 11 is 0. The molecule has 1 saturated carbocycles. The largest absolute Gasteiger partial charge is 0.446 e. The number of halogens is 2. The van der Waals surface area contributed by atoms with Crippen LogP contribution in [0.15, 0.2) is 54.6 Å². The minimum absolute atomic E-state index is 0.290. The predicted octanol–water partition coefficient (Wildman–Crippen LogP) is 3.82. The summed E-state index contributed by atoms with van der Waals surface area (Å²) in [5.74, 6) is -2.78. The number of carbonyl (C=O) groups excluding carboxylic acids is 1. The second-order valence-electron chi connectivity index (χ2n) is 8.59. The van der Waals surface area contributed by atoms with Gasteiger partial charge < -0.3 is 9.64 Å². The lowest BCUT2D eigenvalue weighted by Crippen LogP contribution is -2.50. The van der Waals surface area contributed by atoms with Crippen LogP contribution in [0.3, 0.4) is 0 Å². The molecule has 2 atom stereocenters. The lowest BCUT2D eigenvalue weighted by Gasteiger charge is -2.36. The Labute approximate surface area is 186 Å². The molecule has 2 aromatic rings. The average molecular weight is 465 g/mol. The van der Waals surface area contributed by atoms with E-state index in [9.17, 15) is 22.0 Å². The quantitative estimate of drug-likeness (QED) is 0.705. The number of benzene rings is 2. The summed E-state index contributed by atoms with van der Waals surface area (Å²) in [5, 5.41) is 0. The highest BCUT2D eigenvalue weighted by Gasteiger charge is 2.49. The molecule has 1 aliphatic carbocycles. The minimum Gasteiger partial charge on any atom is -0.446 e. The zero-order valence-corrected chi connectivity index (χ0v) is 18.5. The molecule has 2 fully saturated rings. The molecule has 1 amide bonds. The molecule has 2 aromatic carbocycles. The third-order valence-electron chi connectivity index (χ3n) is 5.94. The van der Waals surface area contributed by atoms with Crippen LogP contribution in [0.1, 0.15) is 24.8 Å². The van der Waals surface area contributed by atoms with Crippen LogP contribution in [0.25, 0.3) is 11.1 Å². The van der Waals surface area contributed by atoms with Gasteiger partial charge in [-0.25, -0.2) is 26.7 Å². The summed E-state index contributed by atoms with van der Waals surface area (Å²) in [6, 6.07) is 16.7. The zero-order chi connectivity index (χ0) is 22.9. The van der Waals surface area contributed by atoms with Crippen molar-refractivity contribution < 1.29 is 26.7 Å². The first-order valence-electron chi connectivity index (χ1n) is 10.6. The topological polar surface area (TPSA) is 75.7 Å². The number of carbonyl (C=O) groups is 1. The van der Waals surface area contributed by atoms with Crippen molar-refractivity contribution in [1.82, 2.24) is 9.62 Å². The molecule has 9 heteroatoms. The molecule has 1 saturated heterocycles. The number of sulfonamides is 1. The van der Waals surface area contributed by atoms with Crippen molar-refractivity contribution in [3.63, 3.8) is 0 Å². The number of nitrogens with one attached hydrogen (secondary N) is 1. The van der Waals surface area contributed by atoms with Crippen molar-refractivity contribution in [3.8, 4) is 11.1 Å². The van der Waals surface area contributed by atoms with Crippen molar-refractivity contribution in [1.29, 1.82) is 0 Å². The van der Waals surface area contributed by atoms with Gasteiger partial charge in [-0.05, 0) is 29.5 Å². The number of ether oxygens (including phenoxy) is 1. The molecule has 0 spiro atoms. The maximum atomic E-state index is 13.1. The van der Waals surface area contributed by atoms with Crippen LogP contribution in [-0.2, 0) is 21.2 Å². The van der Waals surface area contributed by atoms with E-state index in [1.165, 1.54) is 4.90 Å². The van der Waals surface area contributed by atoms with Crippen LogP contribution in [0.5, 0.6) is 0 Å². The molecule has 1 aliphatic heterocycles. The van der Waals surface area contributed by atoms with E-state index in [1.54, 1.807) is 0 Å². The molecule has 0 aromatic heterocycles. The number of hydrogen-bond acceptors (Lipinski definition) is 4. The number of rotatable bonds is 6. The minimum atomic E-state index is -3.49. The van der Waals surface area contributed by atoms with Crippen molar-refractivity contribution in [2.45, 2.75) is 49.8 Å². The Bertz CT molecular complexity index is 1070. The Morgan fingerprint density at radius 1 is 1.12 bits per heavy atom. The van der Waals surface area contributed by atoms with Crippen molar-refractivity contribution in [2.24, 2.45) is 0 Å². The Morgan fingerprint density at radius 2 is 1.81 bits per heavy atom. The second kappa shape index (κ2) is 8.78. The zero-order valence-electron chi connectivity index (χ0n) is 17.7. The van der Waals surface area contributed by atoms with Crippen LogP contribution in [0, 0.1) is 0 Å². The molecule has 6 nitrogen and oxygen atoms in total. The van der Waals surface area contributed by atoms with Crippen LogP contribution in [0.4, 0.5) is 13.6 Å². The van der Waals surface area contributed by atoms with Gasteiger partial charge in [0.25, 0.3) is 5.92 Å². The van der Waals surface area contributed by atoms with E-state index in [4.69, 9.17) is 4.74 Å². The first-order valence-corrected chi connectivity index (χ1v) is 12.5. The van der Waals surface area contributed by atoms with Crippen LogP contribution >= 0.6 is 0 Å². The Morgan fingerprint density at radius 3 is 2.47 bits per heavy atom. The van der Waals surface area contributed by atoms with Crippen molar-refractivity contribution >= 4 is 16.1 Å². The molecule has 32 heavy (non-hydrogen) atoms. The molecule has 4 rings (SSSR count). The first-order chi connectivity index (χ1) is 15.1. The van der Waals surface area contributed by atoms with Gasteiger partial charge in [0.15, 0.2) is 0 Å². The van der Waals surface area contributed by atoms with Gasteiger partial charge in [-0.15, -0.1) is 0 Å². The summed E-state index contributed by atoms with van der Waals surface area (Å²) in [6.45, 7) is 0.290. The lowest BCUT2D eigenvalue weighted by atomic mass is 9.91. The molecule has 1 heterocycles. The fourth-order valence-corrected chi connectivity index (χ4v) is 5.22.